The van der Waals surface area contributed by atoms with Crippen LogP contribution in [0.4, 0.5) is 0 Å². The van der Waals surface area contributed by atoms with Gasteiger partial charge in [0.2, 0.25) is 0 Å². The molecule has 0 radical (unpaired) electrons. The maximum Gasteiger partial charge on any atom is 0.262 e. The van der Waals surface area contributed by atoms with Gasteiger partial charge in [0.05, 0.1) is 0 Å². The Morgan fingerprint density at radius 2 is 1.84 bits per heavy atom. The van der Waals surface area contributed by atoms with Gasteiger partial charge in [0.1, 0.15) is 11.6 Å². The first-order valence-corrected chi connectivity index (χ1v) is 7.91. The van der Waals surface area contributed by atoms with E-state index in [-0.39, 0.29) is 17.1 Å². The van der Waals surface area contributed by atoms with E-state index in [1.54, 1.807) is 0 Å². The third kappa shape index (κ3) is 4.85. The fourth-order valence-electron chi connectivity index (χ4n) is 2.24. The quantitative estimate of drug-likeness (QED) is 0.443. The lowest BCUT2D eigenvalue weighted by Gasteiger charge is -2.08. The Balaban J connectivity index is 2.05. The minimum atomic E-state index is -0.497. The molecule has 1 amide bonds. The van der Waals surface area contributed by atoms with Gasteiger partial charge in [-0.3, -0.25) is 4.79 Å². The summed E-state index contributed by atoms with van der Waals surface area (Å²) in [6.45, 7) is 4.54. The molecule has 2 aromatic carbocycles. The van der Waals surface area contributed by atoms with Crippen LogP contribution in [-0.4, -0.2) is 16.1 Å². The zero-order valence-corrected chi connectivity index (χ0v) is 14.2. The molecular formula is C20H20N2O3. The van der Waals surface area contributed by atoms with Crippen LogP contribution in [0, 0.1) is 11.3 Å². The highest BCUT2D eigenvalue weighted by Gasteiger charge is 2.10. The Kier molecular flexibility index (Phi) is 5.80. The zero-order valence-electron chi connectivity index (χ0n) is 14.2. The molecule has 2 rings (SSSR count). The Morgan fingerprint density at radius 1 is 1.16 bits per heavy atom. The van der Waals surface area contributed by atoms with Crippen LogP contribution in [0.2, 0.25) is 0 Å². The molecule has 0 aliphatic rings. The maximum absolute atomic E-state index is 12.2. The van der Waals surface area contributed by atoms with Gasteiger partial charge in [-0.15, -0.1) is 0 Å². The fourth-order valence-corrected chi connectivity index (χ4v) is 2.24. The highest BCUT2D eigenvalue weighted by atomic mass is 16.3. The Morgan fingerprint density at radius 3 is 2.40 bits per heavy atom. The molecule has 0 aliphatic heterocycles. The molecule has 0 saturated carbocycles. The molecule has 128 valence electrons. The number of rotatable bonds is 5. The van der Waals surface area contributed by atoms with Crippen molar-refractivity contribution in [2.24, 2.45) is 0 Å². The van der Waals surface area contributed by atoms with Crippen molar-refractivity contribution in [3.63, 3.8) is 0 Å². The Hall–Kier alpha value is -3.26. The minimum absolute atomic E-state index is 0.0797. The fraction of sp³-hybridized carbons (Fsp3) is 0.200. The van der Waals surface area contributed by atoms with Crippen molar-refractivity contribution in [2.75, 3.05) is 0 Å². The summed E-state index contributed by atoms with van der Waals surface area (Å²) in [5.74, 6) is -0.622. The van der Waals surface area contributed by atoms with E-state index in [0.29, 0.717) is 18.0 Å². The molecule has 0 saturated heterocycles. The lowest BCUT2D eigenvalue weighted by Crippen LogP contribution is -2.23. The molecule has 25 heavy (non-hydrogen) atoms. The number of nitriles is 1. The smallest absolute Gasteiger partial charge is 0.262 e. The van der Waals surface area contributed by atoms with Gasteiger partial charge >= 0.3 is 0 Å². The van der Waals surface area contributed by atoms with Gasteiger partial charge in [0.15, 0.2) is 11.5 Å². The molecular weight excluding hydrogens is 316 g/mol. The molecule has 5 heteroatoms. The molecule has 0 spiro atoms. The van der Waals surface area contributed by atoms with Gasteiger partial charge in [-0.25, -0.2) is 0 Å². The number of hydrogen-bond acceptors (Lipinski definition) is 4. The lowest BCUT2D eigenvalue weighted by atomic mass is 10.0. The number of amides is 1. The van der Waals surface area contributed by atoms with Crippen molar-refractivity contribution < 1.29 is 15.0 Å². The van der Waals surface area contributed by atoms with Crippen LogP contribution in [0.1, 0.15) is 36.5 Å². The Bertz CT molecular complexity index is 831. The first-order valence-electron chi connectivity index (χ1n) is 7.91. The number of carbonyl (C=O) groups is 1. The van der Waals surface area contributed by atoms with Crippen LogP contribution in [0.15, 0.2) is 48.0 Å². The number of carbonyl (C=O) groups excluding carboxylic acids is 1. The second kappa shape index (κ2) is 8.02. The number of phenols is 2. The van der Waals surface area contributed by atoms with Gasteiger partial charge in [-0.2, -0.15) is 5.26 Å². The van der Waals surface area contributed by atoms with Gasteiger partial charge in [-0.05, 0) is 40.8 Å². The van der Waals surface area contributed by atoms with Crippen molar-refractivity contribution in [2.45, 2.75) is 26.3 Å². The summed E-state index contributed by atoms with van der Waals surface area (Å²) in [5.41, 5.74) is 2.53. The summed E-state index contributed by atoms with van der Waals surface area (Å²) < 4.78 is 0. The molecule has 0 aliphatic carbocycles. The molecule has 0 aromatic heterocycles. The van der Waals surface area contributed by atoms with Crippen LogP contribution in [-0.2, 0) is 11.3 Å². The van der Waals surface area contributed by atoms with Crippen molar-refractivity contribution >= 4 is 12.0 Å². The molecule has 0 heterocycles. The van der Waals surface area contributed by atoms with Crippen LogP contribution >= 0.6 is 0 Å². The highest BCUT2D eigenvalue weighted by molar-refractivity contribution is 6.01. The van der Waals surface area contributed by atoms with E-state index >= 15 is 0 Å². The van der Waals surface area contributed by atoms with Gasteiger partial charge in [0, 0.05) is 6.54 Å². The summed E-state index contributed by atoms with van der Waals surface area (Å²) in [6.07, 6.45) is 1.36. The van der Waals surface area contributed by atoms with E-state index in [1.165, 1.54) is 29.8 Å². The number of benzene rings is 2. The van der Waals surface area contributed by atoms with Crippen LogP contribution in [0.25, 0.3) is 6.08 Å². The molecule has 3 N–H and O–H groups in total. The third-order valence-electron chi connectivity index (χ3n) is 3.78. The second-order valence-electron chi connectivity index (χ2n) is 6.00. The van der Waals surface area contributed by atoms with Crippen molar-refractivity contribution in [1.82, 2.24) is 5.32 Å². The van der Waals surface area contributed by atoms with Crippen LogP contribution in [0.5, 0.6) is 11.5 Å². The van der Waals surface area contributed by atoms with E-state index in [0.717, 1.165) is 5.56 Å². The molecule has 5 nitrogen and oxygen atoms in total. The SMILES string of the molecule is CC(C)c1ccc(CNC(=O)/C(C#N)=C/c2ccc(O)c(O)c2)cc1. The third-order valence-corrected chi connectivity index (χ3v) is 3.78. The molecule has 0 fully saturated rings. The molecule has 0 unspecified atom stereocenters. The van der Waals surface area contributed by atoms with Crippen molar-refractivity contribution in [3.8, 4) is 17.6 Å². The predicted octanol–water partition coefficient (Wildman–Crippen LogP) is 3.44. The predicted molar refractivity (Wildman–Crippen MR) is 95.7 cm³/mol. The van der Waals surface area contributed by atoms with Gasteiger partial charge in [-0.1, -0.05) is 44.2 Å². The standard InChI is InChI=1S/C20H20N2O3/c1-13(2)16-6-3-14(4-7-16)12-22-20(25)17(11-21)9-15-5-8-18(23)19(24)10-15/h3-10,13,23-24H,12H2,1-2H3,(H,22,25)/b17-9+. The van der Waals surface area contributed by atoms with E-state index in [4.69, 9.17) is 0 Å². The summed E-state index contributed by atoms with van der Waals surface area (Å²) in [7, 11) is 0. The van der Waals surface area contributed by atoms with Crippen LogP contribution in [0.3, 0.4) is 0 Å². The first-order chi connectivity index (χ1) is 11.9. The average molecular weight is 336 g/mol. The summed E-state index contributed by atoms with van der Waals surface area (Å²) in [4.78, 5) is 12.2. The number of nitrogens with zero attached hydrogens (tertiary/aromatic N) is 1. The zero-order chi connectivity index (χ0) is 18.4. The first kappa shape index (κ1) is 18.1. The summed E-state index contributed by atoms with van der Waals surface area (Å²) in [5, 5.41) is 30.7. The Labute approximate surface area is 146 Å². The van der Waals surface area contributed by atoms with Crippen molar-refractivity contribution in [1.29, 1.82) is 5.26 Å². The molecule has 2 aromatic rings. The normalized spacial score (nSPS) is 11.2. The molecule has 0 atom stereocenters. The van der Waals surface area contributed by atoms with Crippen LogP contribution < -0.4 is 5.32 Å². The number of hydrogen-bond donors (Lipinski definition) is 3. The second-order valence-corrected chi connectivity index (χ2v) is 6.00. The van der Waals surface area contributed by atoms with E-state index in [9.17, 15) is 20.3 Å². The minimum Gasteiger partial charge on any atom is -0.504 e. The number of nitrogens with one attached hydrogen (secondary N) is 1. The largest absolute Gasteiger partial charge is 0.504 e. The summed E-state index contributed by atoms with van der Waals surface area (Å²) >= 11 is 0. The highest BCUT2D eigenvalue weighted by Crippen LogP contribution is 2.25. The summed E-state index contributed by atoms with van der Waals surface area (Å²) in [6, 6.07) is 13.9. The van der Waals surface area contributed by atoms with Gasteiger partial charge in [0.25, 0.3) is 5.91 Å². The van der Waals surface area contributed by atoms with Crippen molar-refractivity contribution in [3.05, 3.63) is 64.7 Å². The molecule has 0 bridgehead atoms. The maximum atomic E-state index is 12.2. The van der Waals surface area contributed by atoms with E-state index < -0.39 is 5.91 Å². The van der Waals surface area contributed by atoms with Gasteiger partial charge < -0.3 is 15.5 Å². The number of aromatic hydroxyl groups is 2. The number of phenolic OH excluding ortho intramolecular Hbond substituents is 2. The van der Waals surface area contributed by atoms with E-state index in [2.05, 4.69) is 19.2 Å². The lowest BCUT2D eigenvalue weighted by molar-refractivity contribution is -0.117. The van der Waals surface area contributed by atoms with E-state index in [1.807, 2.05) is 30.3 Å². The topological polar surface area (TPSA) is 93.4 Å². The monoisotopic (exact) mass is 336 g/mol. The average Bonchev–Trinajstić information content (AvgIpc) is 2.60.